The number of carbonyl (C=O) groups excluding carboxylic acids is 1. The average Bonchev–Trinajstić information content (AvgIpc) is 2.49. The van der Waals surface area contributed by atoms with Gasteiger partial charge in [0.05, 0.1) is 6.04 Å². The van der Waals surface area contributed by atoms with Crippen LogP contribution in [-0.2, 0) is 4.79 Å². The van der Waals surface area contributed by atoms with E-state index in [-0.39, 0.29) is 18.6 Å². The first-order valence-corrected chi connectivity index (χ1v) is 8.35. The summed E-state index contributed by atoms with van der Waals surface area (Å²) in [5, 5.41) is 3.01. The molecule has 0 unspecified atom stereocenters. The highest BCUT2D eigenvalue weighted by Crippen LogP contribution is 2.23. The summed E-state index contributed by atoms with van der Waals surface area (Å²) in [6.07, 6.45) is 0. The van der Waals surface area contributed by atoms with Crippen molar-refractivity contribution in [2.75, 3.05) is 6.61 Å². The summed E-state index contributed by atoms with van der Waals surface area (Å²) in [4.78, 5) is 12.2. The number of carbonyl (C=O) groups is 1. The lowest BCUT2D eigenvalue weighted by Crippen LogP contribution is -2.31. The van der Waals surface area contributed by atoms with Crippen LogP contribution in [0.15, 0.2) is 30.3 Å². The topological polar surface area (TPSA) is 38.3 Å². The van der Waals surface area contributed by atoms with Gasteiger partial charge in [-0.15, -0.1) is 0 Å². The maximum absolute atomic E-state index is 12.2. The van der Waals surface area contributed by atoms with E-state index in [1.54, 1.807) is 0 Å². The Morgan fingerprint density at radius 1 is 1.00 bits per heavy atom. The Labute approximate surface area is 145 Å². The highest BCUT2D eigenvalue weighted by Gasteiger charge is 2.13. The molecule has 2 aromatic carbocycles. The predicted octanol–water partition coefficient (Wildman–Crippen LogP) is 4.48. The molecule has 128 valence electrons. The number of benzene rings is 2. The number of rotatable bonds is 5. The maximum Gasteiger partial charge on any atom is 0.258 e. The zero-order valence-electron chi connectivity index (χ0n) is 15.5. The second-order valence-corrected chi connectivity index (χ2v) is 6.64. The predicted molar refractivity (Wildman–Crippen MR) is 98.6 cm³/mol. The summed E-state index contributed by atoms with van der Waals surface area (Å²) >= 11 is 0. The van der Waals surface area contributed by atoms with Crippen LogP contribution in [0.3, 0.4) is 0 Å². The van der Waals surface area contributed by atoms with Crippen molar-refractivity contribution in [3.05, 3.63) is 63.7 Å². The molecule has 0 fully saturated rings. The number of nitrogens with one attached hydrogen (secondary N) is 1. The van der Waals surface area contributed by atoms with Crippen LogP contribution in [0, 0.1) is 34.6 Å². The summed E-state index contributed by atoms with van der Waals surface area (Å²) in [5.74, 6) is 0.669. The van der Waals surface area contributed by atoms with E-state index in [1.165, 1.54) is 16.7 Å². The summed E-state index contributed by atoms with van der Waals surface area (Å²) < 4.78 is 5.73. The molecule has 0 aliphatic rings. The number of hydrogen-bond donors (Lipinski definition) is 1. The lowest BCUT2D eigenvalue weighted by atomic mass is 10.0. The normalized spacial score (nSPS) is 11.9. The second kappa shape index (κ2) is 7.52. The van der Waals surface area contributed by atoms with Crippen molar-refractivity contribution in [2.24, 2.45) is 0 Å². The van der Waals surface area contributed by atoms with Crippen LogP contribution in [0.1, 0.15) is 46.3 Å². The molecular formula is C21H27NO2. The highest BCUT2D eigenvalue weighted by molar-refractivity contribution is 5.78. The molecule has 0 radical (unpaired) electrons. The molecular weight excluding hydrogens is 298 g/mol. The van der Waals surface area contributed by atoms with Crippen LogP contribution in [0.5, 0.6) is 5.75 Å². The molecule has 24 heavy (non-hydrogen) atoms. The molecule has 0 bridgehead atoms. The minimum atomic E-state index is -0.110. The Morgan fingerprint density at radius 3 is 2.33 bits per heavy atom. The standard InChI is InChI=1S/C21H27NO2/c1-13-7-8-19(16(4)9-13)18(6)22-21(23)12-24-20-11-14(2)10-15(3)17(20)5/h7-11,18H,12H2,1-6H3,(H,22,23)/t18-/m0/s1. The molecule has 0 saturated carbocycles. The van der Waals surface area contributed by atoms with Gasteiger partial charge in [-0.3, -0.25) is 4.79 Å². The summed E-state index contributed by atoms with van der Waals surface area (Å²) in [6.45, 7) is 12.3. The van der Waals surface area contributed by atoms with Gasteiger partial charge >= 0.3 is 0 Å². The van der Waals surface area contributed by atoms with Gasteiger partial charge in [0.2, 0.25) is 0 Å². The summed E-state index contributed by atoms with van der Waals surface area (Å²) in [6, 6.07) is 10.3. The second-order valence-electron chi connectivity index (χ2n) is 6.64. The number of aryl methyl sites for hydroxylation is 4. The van der Waals surface area contributed by atoms with Crippen molar-refractivity contribution in [2.45, 2.75) is 47.6 Å². The van der Waals surface area contributed by atoms with E-state index in [0.717, 1.165) is 22.4 Å². The van der Waals surface area contributed by atoms with Gasteiger partial charge in [-0.05, 0) is 75.4 Å². The van der Waals surface area contributed by atoms with Crippen molar-refractivity contribution in [1.29, 1.82) is 0 Å². The molecule has 0 aromatic heterocycles. The van der Waals surface area contributed by atoms with E-state index in [9.17, 15) is 4.79 Å². The van der Waals surface area contributed by atoms with Crippen molar-refractivity contribution in [3.8, 4) is 5.75 Å². The molecule has 0 saturated heterocycles. The first-order chi connectivity index (χ1) is 11.3. The van der Waals surface area contributed by atoms with Crippen molar-refractivity contribution in [3.63, 3.8) is 0 Å². The maximum atomic E-state index is 12.2. The van der Waals surface area contributed by atoms with Gasteiger partial charge in [0.15, 0.2) is 6.61 Å². The molecule has 0 aliphatic carbocycles. The number of amides is 1. The van der Waals surface area contributed by atoms with E-state index < -0.39 is 0 Å². The molecule has 1 atom stereocenters. The van der Waals surface area contributed by atoms with Gasteiger partial charge in [-0.1, -0.05) is 29.8 Å². The fourth-order valence-electron chi connectivity index (χ4n) is 2.97. The van der Waals surface area contributed by atoms with Crippen LogP contribution in [0.4, 0.5) is 0 Å². The van der Waals surface area contributed by atoms with E-state index in [1.807, 2.05) is 26.8 Å². The Balaban J connectivity index is 1.98. The first-order valence-electron chi connectivity index (χ1n) is 8.35. The van der Waals surface area contributed by atoms with Gasteiger partial charge in [0, 0.05) is 0 Å². The molecule has 0 aliphatic heterocycles. The first kappa shape index (κ1) is 18.1. The third kappa shape index (κ3) is 4.38. The third-order valence-electron chi connectivity index (χ3n) is 4.39. The minimum absolute atomic E-state index is 0.0268. The van der Waals surface area contributed by atoms with Crippen LogP contribution in [0.2, 0.25) is 0 Å². The highest BCUT2D eigenvalue weighted by atomic mass is 16.5. The van der Waals surface area contributed by atoms with E-state index in [0.29, 0.717) is 0 Å². The lowest BCUT2D eigenvalue weighted by Gasteiger charge is -2.18. The molecule has 2 aromatic rings. The van der Waals surface area contributed by atoms with Gasteiger partial charge in [0.25, 0.3) is 5.91 Å². The third-order valence-corrected chi connectivity index (χ3v) is 4.39. The quantitative estimate of drug-likeness (QED) is 0.880. The lowest BCUT2D eigenvalue weighted by molar-refractivity contribution is -0.123. The minimum Gasteiger partial charge on any atom is -0.483 e. The average molecular weight is 325 g/mol. The van der Waals surface area contributed by atoms with Gasteiger partial charge in [0.1, 0.15) is 5.75 Å². The van der Waals surface area contributed by atoms with E-state index in [2.05, 4.69) is 50.4 Å². The van der Waals surface area contributed by atoms with E-state index in [4.69, 9.17) is 4.74 Å². The van der Waals surface area contributed by atoms with Gasteiger partial charge in [-0.25, -0.2) is 0 Å². The van der Waals surface area contributed by atoms with Crippen LogP contribution in [-0.4, -0.2) is 12.5 Å². The Kier molecular flexibility index (Phi) is 5.66. The summed E-state index contributed by atoms with van der Waals surface area (Å²) in [5.41, 5.74) is 6.94. The zero-order chi connectivity index (χ0) is 17.9. The molecule has 1 N–H and O–H groups in total. The van der Waals surface area contributed by atoms with Crippen molar-refractivity contribution in [1.82, 2.24) is 5.32 Å². The van der Waals surface area contributed by atoms with Gasteiger partial charge < -0.3 is 10.1 Å². The molecule has 0 spiro atoms. The number of ether oxygens (including phenoxy) is 1. The SMILES string of the molecule is Cc1ccc([C@H](C)NC(=O)COc2cc(C)cc(C)c2C)c(C)c1. The monoisotopic (exact) mass is 325 g/mol. The Hall–Kier alpha value is -2.29. The molecule has 2 rings (SSSR count). The van der Waals surface area contributed by atoms with Crippen molar-refractivity contribution < 1.29 is 9.53 Å². The zero-order valence-corrected chi connectivity index (χ0v) is 15.5. The molecule has 1 amide bonds. The van der Waals surface area contributed by atoms with Crippen LogP contribution < -0.4 is 10.1 Å². The Morgan fingerprint density at radius 2 is 1.67 bits per heavy atom. The van der Waals surface area contributed by atoms with Crippen molar-refractivity contribution >= 4 is 5.91 Å². The van der Waals surface area contributed by atoms with Gasteiger partial charge in [-0.2, -0.15) is 0 Å². The fourth-order valence-corrected chi connectivity index (χ4v) is 2.97. The van der Waals surface area contributed by atoms with E-state index >= 15 is 0 Å². The molecule has 3 heteroatoms. The smallest absolute Gasteiger partial charge is 0.258 e. The van der Waals surface area contributed by atoms with Crippen LogP contribution >= 0.6 is 0 Å². The number of hydrogen-bond acceptors (Lipinski definition) is 2. The Bertz CT molecular complexity index is 750. The fraction of sp³-hybridized carbons (Fsp3) is 0.381. The largest absolute Gasteiger partial charge is 0.483 e. The molecule has 3 nitrogen and oxygen atoms in total. The summed E-state index contributed by atoms with van der Waals surface area (Å²) in [7, 11) is 0. The molecule has 0 heterocycles. The van der Waals surface area contributed by atoms with Crippen LogP contribution in [0.25, 0.3) is 0 Å².